The van der Waals surface area contributed by atoms with Gasteiger partial charge in [-0.2, -0.15) is 0 Å². The van der Waals surface area contributed by atoms with E-state index < -0.39 is 0 Å². The molecule has 3 rings (SSSR count). The van der Waals surface area contributed by atoms with E-state index in [1.54, 1.807) is 18.2 Å². The number of nitrogens with zero attached hydrogens (tertiary/aromatic N) is 4. The van der Waals surface area contributed by atoms with Gasteiger partial charge in [-0.1, -0.05) is 12.1 Å². The monoisotopic (exact) mass is 558 g/mol. The third-order valence-corrected chi connectivity index (χ3v) is 5.63. The summed E-state index contributed by atoms with van der Waals surface area (Å²) in [7, 11) is 0. The number of benzene rings is 1. The van der Waals surface area contributed by atoms with Gasteiger partial charge in [-0.3, -0.25) is 19.5 Å². The maximum atomic E-state index is 12.4. The van der Waals surface area contributed by atoms with E-state index in [4.69, 9.17) is 0 Å². The molecule has 0 aliphatic carbocycles. The second kappa shape index (κ2) is 13.5. The molecule has 32 heavy (non-hydrogen) atoms. The Kier molecular flexibility index (Phi) is 11.0. The lowest BCUT2D eigenvalue weighted by Gasteiger charge is -2.36. The Morgan fingerprint density at radius 1 is 1.00 bits per heavy atom. The molecular formula is C22H35IN6O3. The Bertz CT molecular complexity index is 777. The quantitative estimate of drug-likeness (QED) is 0.200. The average molecular weight is 558 g/mol. The number of piperazine rings is 1. The zero-order valence-corrected chi connectivity index (χ0v) is 21.1. The molecule has 0 bridgehead atoms. The molecule has 10 heteroatoms. The van der Waals surface area contributed by atoms with Crippen LogP contribution in [0.1, 0.15) is 30.1 Å². The van der Waals surface area contributed by atoms with Crippen molar-refractivity contribution in [3.8, 4) is 5.75 Å². The molecule has 1 aromatic rings. The molecular weight excluding hydrogens is 523 g/mol. The first kappa shape index (κ1) is 26.2. The number of likely N-dealkylation sites (tertiary alicyclic amines) is 1. The number of guanidine groups is 1. The minimum atomic E-state index is -0.311. The molecule has 2 aliphatic rings. The fraction of sp³-hybridized carbons (Fsp3) is 0.591. The van der Waals surface area contributed by atoms with Crippen LogP contribution in [0.3, 0.4) is 0 Å². The van der Waals surface area contributed by atoms with Crippen molar-refractivity contribution >= 4 is 41.8 Å². The van der Waals surface area contributed by atoms with Crippen molar-refractivity contribution in [1.82, 2.24) is 25.3 Å². The number of phenolic OH excluding ortho intramolecular Hbond substituents is 1. The maximum Gasteiger partial charge on any atom is 0.255 e. The van der Waals surface area contributed by atoms with Gasteiger partial charge >= 0.3 is 0 Å². The van der Waals surface area contributed by atoms with Gasteiger partial charge in [-0.05, 0) is 31.9 Å². The summed E-state index contributed by atoms with van der Waals surface area (Å²) in [5, 5.41) is 15.9. The van der Waals surface area contributed by atoms with Gasteiger partial charge < -0.3 is 25.5 Å². The topological polar surface area (TPSA) is 101 Å². The zero-order valence-electron chi connectivity index (χ0n) is 18.8. The summed E-state index contributed by atoms with van der Waals surface area (Å²) in [5.74, 6) is 0.726. The van der Waals surface area contributed by atoms with Crippen molar-refractivity contribution in [2.75, 3.05) is 65.4 Å². The molecule has 9 nitrogen and oxygen atoms in total. The highest BCUT2D eigenvalue weighted by atomic mass is 127. The first-order chi connectivity index (χ1) is 15.1. The molecule has 0 aromatic heterocycles. The highest BCUT2D eigenvalue weighted by molar-refractivity contribution is 14.0. The molecule has 1 aromatic carbocycles. The minimum Gasteiger partial charge on any atom is -0.507 e. The number of aliphatic imine (C=N–C) groups is 1. The Labute approximate surface area is 207 Å². The van der Waals surface area contributed by atoms with E-state index in [2.05, 4.69) is 25.4 Å². The van der Waals surface area contributed by atoms with Crippen LogP contribution in [-0.4, -0.2) is 103 Å². The lowest BCUT2D eigenvalue weighted by Crippen LogP contribution is -2.54. The molecule has 178 valence electrons. The summed E-state index contributed by atoms with van der Waals surface area (Å²) in [6.07, 6.45) is 2.24. The number of halogens is 1. The Balaban J connectivity index is 0.00000363. The Hall–Kier alpha value is -2.08. The van der Waals surface area contributed by atoms with E-state index in [0.717, 1.165) is 64.6 Å². The Morgan fingerprint density at radius 2 is 1.69 bits per heavy atom. The average Bonchev–Trinajstić information content (AvgIpc) is 3.32. The normalized spacial score (nSPS) is 17.1. The lowest BCUT2D eigenvalue weighted by atomic mass is 10.2. The molecule has 2 heterocycles. The van der Waals surface area contributed by atoms with E-state index in [9.17, 15) is 14.7 Å². The molecule has 0 spiro atoms. The SMILES string of the molecule is CCNC(=NCCNC(=O)c1ccccc1O)N1CCN(CC(=O)N2CCCC2)CC1.I. The van der Waals surface area contributed by atoms with E-state index in [-0.39, 0.29) is 47.1 Å². The van der Waals surface area contributed by atoms with Crippen LogP contribution in [0, 0.1) is 0 Å². The fourth-order valence-corrected chi connectivity index (χ4v) is 3.89. The number of carbonyl (C=O) groups is 2. The number of nitrogens with one attached hydrogen (secondary N) is 2. The molecule has 2 saturated heterocycles. The molecule has 2 aliphatic heterocycles. The van der Waals surface area contributed by atoms with Crippen LogP contribution in [0.25, 0.3) is 0 Å². The van der Waals surface area contributed by atoms with Crippen molar-refractivity contribution < 1.29 is 14.7 Å². The van der Waals surface area contributed by atoms with Crippen LogP contribution >= 0.6 is 24.0 Å². The van der Waals surface area contributed by atoms with Crippen LogP contribution in [0.5, 0.6) is 5.75 Å². The van der Waals surface area contributed by atoms with Crippen molar-refractivity contribution in [1.29, 1.82) is 0 Å². The predicted molar refractivity (Wildman–Crippen MR) is 136 cm³/mol. The van der Waals surface area contributed by atoms with Gasteiger partial charge in [0.05, 0.1) is 18.7 Å². The Morgan fingerprint density at radius 3 is 2.34 bits per heavy atom. The highest BCUT2D eigenvalue weighted by Crippen LogP contribution is 2.14. The second-order valence-corrected chi connectivity index (χ2v) is 7.86. The molecule has 0 atom stereocenters. The van der Waals surface area contributed by atoms with E-state index in [1.165, 1.54) is 6.07 Å². The third-order valence-electron chi connectivity index (χ3n) is 5.63. The van der Waals surface area contributed by atoms with Crippen molar-refractivity contribution in [2.45, 2.75) is 19.8 Å². The van der Waals surface area contributed by atoms with Crippen molar-refractivity contribution in [3.63, 3.8) is 0 Å². The summed E-state index contributed by atoms with van der Waals surface area (Å²) in [6, 6.07) is 6.48. The molecule has 2 fully saturated rings. The molecule has 0 saturated carbocycles. The van der Waals surface area contributed by atoms with Crippen LogP contribution in [0.2, 0.25) is 0 Å². The number of para-hydroxylation sites is 1. The molecule has 0 radical (unpaired) electrons. The molecule has 0 unspecified atom stereocenters. The van der Waals surface area contributed by atoms with E-state index in [0.29, 0.717) is 19.6 Å². The van der Waals surface area contributed by atoms with Crippen LogP contribution < -0.4 is 10.6 Å². The summed E-state index contributed by atoms with van der Waals surface area (Å²) in [5.41, 5.74) is 0.262. The van der Waals surface area contributed by atoms with Gasteiger partial charge in [-0.15, -0.1) is 24.0 Å². The third kappa shape index (κ3) is 7.51. The maximum absolute atomic E-state index is 12.4. The number of hydrogen-bond donors (Lipinski definition) is 3. The highest BCUT2D eigenvalue weighted by Gasteiger charge is 2.24. The number of carbonyl (C=O) groups excluding carboxylic acids is 2. The summed E-state index contributed by atoms with van der Waals surface area (Å²) in [6.45, 7) is 9.18. The first-order valence-corrected chi connectivity index (χ1v) is 11.2. The van der Waals surface area contributed by atoms with Gasteiger partial charge in [0, 0.05) is 52.4 Å². The van der Waals surface area contributed by atoms with Crippen molar-refractivity contribution in [2.24, 2.45) is 4.99 Å². The van der Waals surface area contributed by atoms with Gasteiger partial charge in [0.1, 0.15) is 5.75 Å². The van der Waals surface area contributed by atoms with E-state index >= 15 is 0 Å². The minimum absolute atomic E-state index is 0. The van der Waals surface area contributed by atoms with Crippen LogP contribution in [-0.2, 0) is 4.79 Å². The number of aromatic hydroxyl groups is 1. The van der Waals surface area contributed by atoms with Gasteiger partial charge in [0.15, 0.2) is 5.96 Å². The van der Waals surface area contributed by atoms with Crippen LogP contribution in [0.4, 0.5) is 0 Å². The lowest BCUT2D eigenvalue weighted by molar-refractivity contribution is -0.131. The summed E-state index contributed by atoms with van der Waals surface area (Å²) in [4.78, 5) is 35.6. The largest absolute Gasteiger partial charge is 0.507 e. The summed E-state index contributed by atoms with van der Waals surface area (Å²) < 4.78 is 0. The number of hydrogen-bond acceptors (Lipinski definition) is 5. The first-order valence-electron chi connectivity index (χ1n) is 11.2. The standard InChI is InChI=1S/C22H34N6O3.HI/c1-2-23-22(25-10-9-24-21(31)18-7-3-4-8-19(18)29)28-15-13-26(14-16-28)17-20(30)27-11-5-6-12-27;/h3-4,7-8,29H,2,5-6,9-17H2,1H3,(H,23,25)(H,24,31);1H. The number of rotatable bonds is 7. The molecule has 3 N–H and O–H groups in total. The summed E-state index contributed by atoms with van der Waals surface area (Å²) >= 11 is 0. The second-order valence-electron chi connectivity index (χ2n) is 7.86. The van der Waals surface area contributed by atoms with Gasteiger partial charge in [-0.25, -0.2) is 0 Å². The smallest absolute Gasteiger partial charge is 0.255 e. The zero-order chi connectivity index (χ0) is 22.1. The predicted octanol–water partition coefficient (Wildman–Crippen LogP) is 0.946. The van der Waals surface area contributed by atoms with Gasteiger partial charge in [0.2, 0.25) is 5.91 Å². The van der Waals surface area contributed by atoms with Gasteiger partial charge in [0.25, 0.3) is 5.91 Å². The van der Waals surface area contributed by atoms with E-state index in [1.807, 2.05) is 11.8 Å². The van der Waals surface area contributed by atoms with Crippen molar-refractivity contribution in [3.05, 3.63) is 29.8 Å². The fourth-order valence-electron chi connectivity index (χ4n) is 3.89. The number of amides is 2. The molecule has 2 amide bonds. The van der Waals surface area contributed by atoms with Crippen LogP contribution in [0.15, 0.2) is 29.3 Å². The number of phenols is 1.